The van der Waals surface area contributed by atoms with Crippen molar-refractivity contribution >= 4 is 17.5 Å². The summed E-state index contributed by atoms with van der Waals surface area (Å²) in [7, 11) is 3.40. The lowest BCUT2D eigenvalue weighted by Gasteiger charge is -2.25. The van der Waals surface area contributed by atoms with Crippen LogP contribution in [-0.2, 0) is 0 Å². The highest BCUT2D eigenvalue weighted by atomic mass is 16.5. The fourth-order valence-corrected chi connectivity index (χ4v) is 3.63. The van der Waals surface area contributed by atoms with E-state index in [4.69, 9.17) is 14.6 Å². The Morgan fingerprint density at radius 1 is 0.793 bits per heavy atom. The first-order valence-corrected chi connectivity index (χ1v) is 9.66. The molecule has 1 atom stereocenters. The van der Waals surface area contributed by atoms with Gasteiger partial charge in [0.15, 0.2) is 0 Å². The highest BCUT2D eigenvalue weighted by molar-refractivity contribution is 6.01. The normalized spacial score (nSPS) is 16.1. The molecule has 1 heterocycles. The number of hydrogen-bond donors (Lipinski definition) is 0. The molecule has 0 spiro atoms. The van der Waals surface area contributed by atoms with Gasteiger partial charge in [0.05, 0.1) is 31.7 Å². The van der Waals surface area contributed by atoms with Crippen LogP contribution in [0.2, 0.25) is 0 Å². The predicted molar refractivity (Wildman–Crippen MR) is 119 cm³/mol. The second kappa shape index (κ2) is 8.65. The first-order valence-electron chi connectivity index (χ1n) is 9.66. The van der Waals surface area contributed by atoms with E-state index in [0.717, 1.165) is 40.4 Å². The van der Waals surface area contributed by atoms with Crippen molar-refractivity contribution < 1.29 is 9.47 Å². The van der Waals surface area contributed by atoms with E-state index in [9.17, 15) is 0 Å². The second-order valence-electron chi connectivity index (χ2n) is 6.81. The van der Waals surface area contributed by atoms with Crippen molar-refractivity contribution in [1.29, 1.82) is 0 Å². The molecule has 0 fully saturated rings. The van der Waals surface area contributed by atoms with Gasteiger partial charge in [-0.25, -0.2) is 0 Å². The van der Waals surface area contributed by atoms with Crippen LogP contribution < -0.4 is 14.5 Å². The summed E-state index contributed by atoms with van der Waals surface area (Å²) in [6, 6.07) is 26.5. The summed E-state index contributed by atoms with van der Waals surface area (Å²) < 4.78 is 11.1. The van der Waals surface area contributed by atoms with Gasteiger partial charge < -0.3 is 9.47 Å². The van der Waals surface area contributed by atoms with Crippen molar-refractivity contribution in [3.05, 3.63) is 96.1 Å². The quantitative estimate of drug-likeness (QED) is 0.545. The Morgan fingerprint density at radius 3 is 2.21 bits per heavy atom. The van der Waals surface area contributed by atoms with E-state index in [1.165, 1.54) is 0 Å². The van der Waals surface area contributed by atoms with Crippen LogP contribution in [0, 0.1) is 0 Å². The lowest BCUT2D eigenvalue weighted by Crippen LogP contribution is -2.19. The van der Waals surface area contributed by atoms with E-state index < -0.39 is 0 Å². The highest BCUT2D eigenvalue weighted by Gasteiger charge is 2.30. The molecule has 1 aliphatic heterocycles. The van der Waals surface area contributed by atoms with Gasteiger partial charge in [-0.1, -0.05) is 54.6 Å². The van der Waals surface area contributed by atoms with E-state index in [0.29, 0.717) is 0 Å². The summed E-state index contributed by atoms with van der Waals surface area (Å²) in [4.78, 5) is 0. The molecular weight excluding hydrogens is 360 g/mol. The molecule has 4 heteroatoms. The summed E-state index contributed by atoms with van der Waals surface area (Å²) in [5.74, 6) is 1.73. The molecular formula is C25H24N2O2. The van der Waals surface area contributed by atoms with Crippen LogP contribution in [-0.4, -0.2) is 19.9 Å². The third-order valence-corrected chi connectivity index (χ3v) is 5.05. The number of ether oxygens (including phenoxy) is 2. The molecule has 0 saturated carbocycles. The first kappa shape index (κ1) is 18.8. The van der Waals surface area contributed by atoms with E-state index >= 15 is 0 Å². The zero-order valence-electron chi connectivity index (χ0n) is 16.7. The fraction of sp³-hybridized carbons (Fsp3) is 0.160. The van der Waals surface area contributed by atoms with Gasteiger partial charge >= 0.3 is 0 Å². The van der Waals surface area contributed by atoms with Crippen LogP contribution >= 0.6 is 0 Å². The average Bonchev–Trinajstić information content (AvgIpc) is 3.22. The molecule has 3 aromatic carbocycles. The van der Waals surface area contributed by atoms with Crippen molar-refractivity contribution in [2.45, 2.75) is 12.5 Å². The summed E-state index contributed by atoms with van der Waals surface area (Å²) in [6.07, 6.45) is 4.93. The Morgan fingerprint density at radius 2 is 1.45 bits per heavy atom. The number of allylic oxidation sites excluding steroid dienone is 1. The van der Waals surface area contributed by atoms with Gasteiger partial charge in [0.1, 0.15) is 11.5 Å². The molecule has 29 heavy (non-hydrogen) atoms. The molecule has 0 amide bonds. The number of hydrazone groups is 1. The van der Waals surface area contributed by atoms with Crippen molar-refractivity contribution in [3.8, 4) is 11.5 Å². The third-order valence-electron chi connectivity index (χ3n) is 5.05. The Balaban J connectivity index is 1.68. The van der Waals surface area contributed by atoms with Gasteiger partial charge in [-0.3, -0.25) is 5.01 Å². The molecule has 4 nitrogen and oxygen atoms in total. The minimum Gasteiger partial charge on any atom is -0.496 e. The van der Waals surface area contributed by atoms with Gasteiger partial charge in [0.25, 0.3) is 0 Å². The predicted octanol–water partition coefficient (Wildman–Crippen LogP) is 5.72. The average molecular weight is 384 g/mol. The monoisotopic (exact) mass is 384 g/mol. The van der Waals surface area contributed by atoms with Crippen LogP contribution in [0.3, 0.4) is 0 Å². The summed E-state index contributed by atoms with van der Waals surface area (Å²) in [6.45, 7) is 0. The number of methoxy groups -OCH3 is 2. The van der Waals surface area contributed by atoms with Crippen LogP contribution in [0.4, 0.5) is 5.69 Å². The van der Waals surface area contributed by atoms with E-state index in [1.807, 2.05) is 60.7 Å². The third kappa shape index (κ3) is 4.02. The molecule has 0 aliphatic carbocycles. The summed E-state index contributed by atoms with van der Waals surface area (Å²) >= 11 is 0. The van der Waals surface area contributed by atoms with E-state index in [2.05, 4.69) is 35.4 Å². The zero-order valence-corrected chi connectivity index (χ0v) is 16.7. The molecule has 0 aromatic heterocycles. The Labute approximate surface area is 171 Å². The molecule has 3 aromatic rings. The maximum absolute atomic E-state index is 5.62. The smallest absolute Gasteiger partial charge is 0.126 e. The molecule has 0 bridgehead atoms. The fourth-order valence-electron chi connectivity index (χ4n) is 3.63. The van der Waals surface area contributed by atoms with Gasteiger partial charge in [-0.2, -0.15) is 5.10 Å². The first-order chi connectivity index (χ1) is 14.3. The molecule has 0 radical (unpaired) electrons. The maximum atomic E-state index is 5.62. The van der Waals surface area contributed by atoms with Crippen molar-refractivity contribution in [2.75, 3.05) is 19.2 Å². The number of rotatable bonds is 6. The molecule has 1 unspecified atom stereocenters. The van der Waals surface area contributed by atoms with Crippen LogP contribution in [0.15, 0.2) is 90.0 Å². The summed E-state index contributed by atoms with van der Waals surface area (Å²) in [5.41, 5.74) is 4.23. The highest BCUT2D eigenvalue weighted by Crippen LogP contribution is 2.39. The van der Waals surface area contributed by atoms with Gasteiger partial charge in [0.2, 0.25) is 0 Å². The largest absolute Gasteiger partial charge is 0.496 e. The minimum absolute atomic E-state index is 0.0749. The zero-order chi connectivity index (χ0) is 20.1. The standard InChI is InChI=1S/C25H24N2O2/c1-28-24-14-8-6-10-19(24)16-17-20-18-23(22-13-7-9-15-25(22)29-2)27(26-20)21-11-4-3-5-12-21/h3-17,23H,18H2,1-2H3/b17-16+. The Bertz CT molecular complexity index is 1030. The maximum Gasteiger partial charge on any atom is 0.126 e. The SMILES string of the molecule is COc1ccccc1/C=C/C1=NN(c2ccccc2)C(c2ccccc2OC)C1. The van der Waals surface area contributed by atoms with E-state index in [1.54, 1.807) is 14.2 Å². The van der Waals surface area contributed by atoms with Crippen molar-refractivity contribution in [2.24, 2.45) is 5.10 Å². The second-order valence-corrected chi connectivity index (χ2v) is 6.81. The molecule has 0 saturated heterocycles. The number of anilines is 1. The number of nitrogens with zero attached hydrogens (tertiary/aromatic N) is 2. The Kier molecular flexibility index (Phi) is 5.61. The lowest BCUT2D eigenvalue weighted by atomic mass is 9.99. The van der Waals surface area contributed by atoms with Crippen molar-refractivity contribution in [1.82, 2.24) is 0 Å². The molecule has 0 N–H and O–H groups in total. The Hall–Kier alpha value is -3.53. The topological polar surface area (TPSA) is 34.1 Å². The molecule has 4 rings (SSSR count). The molecule has 146 valence electrons. The van der Waals surface area contributed by atoms with Crippen LogP contribution in [0.5, 0.6) is 11.5 Å². The van der Waals surface area contributed by atoms with Crippen LogP contribution in [0.25, 0.3) is 6.08 Å². The van der Waals surface area contributed by atoms with Gasteiger partial charge in [-0.15, -0.1) is 0 Å². The van der Waals surface area contributed by atoms with Gasteiger partial charge in [-0.05, 0) is 36.4 Å². The lowest BCUT2D eigenvalue weighted by molar-refractivity contribution is 0.405. The van der Waals surface area contributed by atoms with Gasteiger partial charge in [0, 0.05) is 17.5 Å². The minimum atomic E-state index is 0.0749. The van der Waals surface area contributed by atoms with Crippen LogP contribution in [0.1, 0.15) is 23.6 Å². The number of benzene rings is 3. The van der Waals surface area contributed by atoms with Crippen molar-refractivity contribution in [3.63, 3.8) is 0 Å². The van der Waals surface area contributed by atoms with E-state index in [-0.39, 0.29) is 6.04 Å². The molecule has 1 aliphatic rings. The number of hydrogen-bond acceptors (Lipinski definition) is 4. The summed E-state index contributed by atoms with van der Waals surface area (Å²) in [5, 5.41) is 7.01. The number of para-hydroxylation sites is 3.